The molecule has 1 heterocycles. The number of anilines is 2. The molecule has 1 rings (SSSR count). The summed E-state index contributed by atoms with van der Waals surface area (Å²) in [6.45, 7) is 6.32. The van der Waals surface area contributed by atoms with E-state index >= 15 is 0 Å². The number of pyridine rings is 1. The van der Waals surface area contributed by atoms with E-state index < -0.39 is 0 Å². The van der Waals surface area contributed by atoms with Gasteiger partial charge in [0.25, 0.3) is 0 Å². The predicted octanol–water partition coefficient (Wildman–Crippen LogP) is 1.40. The quantitative estimate of drug-likeness (QED) is 0.701. The molecule has 0 fully saturated rings. The van der Waals surface area contributed by atoms with Gasteiger partial charge < -0.3 is 16.2 Å². The SMILES string of the molecule is Cc1ccc(N)c(NCC(O)C(C)C)n1. The minimum Gasteiger partial charge on any atom is -0.396 e. The molecule has 0 aliphatic carbocycles. The van der Waals surface area contributed by atoms with Crippen LogP contribution in [-0.4, -0.2) is 22.7 Å². The minimum atomic E-state index is -0.383. The number of rotatable bonds is 4. The van der Waals surface area contributed by atoms with Crippen LogP contribution in [0.2, 0.25) is 0 Å². The van der Waals surface area contributed by atoms with Crippen LogP contribution in [0.5, 0.6) is 0 Å². The largest absolute Gasteiger partial charge is 0.396 e. The summed E-state index contributed by atoms with van der Waals surface area (Å²) in [5, 5.41) is 12.7. The van der Waals surface area contributed by atoms with Gasteiger partial charge in [0, 0.05) is 12.2 Å². The van der Waals surface area contributed by atoms with Crippen LogP contribution in [0.1, 0.15) is 19.5 Å². The Morgan fingerprint density at radius 1 is 1.47 bits per heavy atom. The lowest BCUT2D eigenvalue weighted by Crippen LogP contribution is -2.25. The van der Waals surface area contributed by atoms with Crippen molar-refractivity contribution < 1.29 is 5.11 Å². The Hall–Kier alpha value is -1.29. The lowest BCUT2D eigenvalue weighted by molar-refractivity contribution is 0.138. The molecule has 84 valence electrons. The zero-order valence-electron chi connectivity index (χ0n) is 9.49. The smallest absolute Gasteiger partial charge is 0.149 e. The molecule has 0 spiro atoms. The van der Waals surface area contributed by atoms with E-state index in [1.807, 2.05) is 32.9 Å². The highest BCUT2D eigenvalue weighted by Gasteiger charge is 2.09. The fourth-order valence-electron chi connectivity index (χ4n) is 1.15. The summed E-state index contributed by atoms with van der Waals surface area (Å²) in [5.41, 5.74) is 7.26. The van der Waals surface area contributed by atoms with Crippen molar-refractivity contribution in [2.45, 2.75) is 26.9 Å². The van der Waals surface area contributed by atoms with Crippen molar-refractivity contribution in [2.75, 3.05) is 17.6 Å². The number of nitrogens with two attached hydrogens (primary N) is 1. The second kappa shape index (κ2) is 4.98. The molecule has 15 heavy (non-hydrogen) atoms. The number of nitrogen functional groups attached to an aromatic ring is 1. The Morgan fingerprint density at radius 3 is 2.73 bits per heavy atom. The van der Waals surface area contributed by atoms with E-state index in [2.05, 4.69) is 10.3 Å². The van der Waals surface area contributed by atoms with E-state index in [0.29, 0.717) is 18.1 Å². The van der Waals surface area contributed by atoms with Crippen LogP contribution in [0, 0.1) is 12.8 Å². The van der Waals surface area contributed by atoms with Crippen molar-refractivity contribution >= 4 is 11.5 Å². The first kappa shape index (κ1) is 11.8. The fourth-order valence-corrected chi connectivity index (χ4v) is 1.15. The third-order valence-corrected chi connectivity index (χ3v) is 2.31. The monoisotopic (exact) mass is 209 g/mol. The van der Waals surface area contributed by atoms with Gasteiger partial charge in [-0.3, -0.25) is 0 Å². The first-order valence-electron chi connectivity index (χ1n) is 5.15. The van der Waals surface area contributed by atoms with Gasteiger partial charge in [-0.1, -0.05) is 13.8 Å². The first-order valence-corrected chi connectivity index (χ1v) is 5.15. The molecule has 4 heteroatoms. The summed E-state index contributed by atoms with van der Waals surface area (Å²) >= 11 is 0. The van der Waals surface area contributed by atoms with Crippen LogP contribution in [0.3, 0.4) is 0 Å². The van der Waals surface area contributed by atoms with Crippen LogP contribution >= 0.6 is 0 Å². The zero-order valence-corrected chi connectivity index (χ0v) is 9.49. The molecular formula is C11H19N3O. The molecule has 0 bridgehead atoms. The summed E-state index contributed by atoms with van der Waals surface area (Å²) in [4.78, 5) is 4.26. The van der Waals surface area contributed by atoms with Gasteiger partial charge in [-0.05, 0) is 25.0 Å². The van der Waals surface area contributed by atoms with Crippen molar-refractivity contribution in [2.24, 2.45) is 5.92 Å². The second-order valence-corrected chi connectivity index (χ2v) is 4.08. The molecule has 1 aromatic rings. The molecule has 0 aliphatic rings. The van der Waals surface area contributed by atoms with Gasteiger partial charge in [-0.25, -0.2) is 4.98 Å². The molecule has 0 amide bonds. The fraction of sp³-hybridized carbons (Fsp3) is 0.545. The highest BCUT2D eigenvalue weighted by Crippen LogP contribution is 2.15. The highest BCUT2D eigenvalue weighted by atomic mass is 16.3. The van der Waals surface area contributed by atoms with Crippen LogP contribution in [0.25, 0.3) is 0 Å². The summed E-state index contributed by atoms with van der Waals surface area (Å²) in [5.74, 6) is 0.873. The van der Waals surface area contributed by atoms with Crippen molar-refractivity contribution in [3.8, 4) is 0 Å². The Labute approximate surface area is 90.5 Å². The first-order chi connectivity index (χ1) is 7.00. The third kappa shape index (κ3) is 3.40. The van der Waals surface area contributed by atoms with E-state index in [0.717, 1.165) is 5.69 Å². The maximum Gasteiger partial charge on any atom is 0.149 e. The van der Waals surface area contributed by atoms with E-state index in [1.165, 1.54) is 0 Å². The molecule has 4 nitrogen and oxygen atoms in total. The van der Waals surface area contributed by atoms with Gasteiger partial charge in [0.05, 0.1) is 11.8 Å². The standard InChI is InChI=1S/C11H19N3O/c1-7(2)10(15)6-13-11-9(12)5-4-8(3)14-11/h4-5,7,10,15H,6,12H2,1-3H3,(H,13,14). The van der Waals surface area contributed by atoms with Crippen molar-refractivity contribution in [1.82, 2.24) is 4.98 Å². The van der Waals surface area contributed by atoms with Crippen LogP contribution in [0.4, 0.5) is 11.5 Å². The van der Waals surface area contributed by atoms with E-state index in [1.54, 1.807) is 0 Å². The summed E-state index contributed by atoms with van der Waals surface area (Å²) in [6.07, 6.45) is -0.383. The Balaban J connectivity index is 2.61. The number of aryl methyl sites for hydroxylation is 1. The Bertz CT molecular complexity index is 326. The van der Waals surface area contributed by atoms with Crippen molar-refractivity contribution in [3.63, 3.8) is 0 Å². The van der Waals surface area contributed by atoms with Crippen LogP contribution in [0.15, 0.2) is 12.1 Å². The van der Waals surface area contributed by atoms with Crippen molar-refractivity contribution in [3.05, 3.63) is 17.8 Å². The third-order valence-electron chi connectivity index (χ3n) is 2.31. The van der Waals surface area contributed by atoms with Gasteiger partial charge in [-0.15, -0.1) is 0 Å². The Kier molecular flexibility index (Phi) is 3.91. The molecular weight excluding hydrogens is 190 g/mol. The number of nitrogens with one attached hydrogen (secondary N) is 1. The van der Waals surface area contributed by atoms with E-state index in [4.69, 9.17) is 5.73 Å². The highest BCUT2D eigenvalue weighted by molar-refractivity contribution is 5.61. The van der Waals surface area contributed by atoms with Gasteiger partial charge >= 0.3 is 0 Å². The summed E-state index contributed by atoms with van der Waals surface area (Å²) in [7, 11) is 0. The number of aliphatic hydroxyl groups is 1. The van der Waals surface area contributed by atoms with Crippen LogP contribution < -0.4 is 11.1 Å². The number of hydrogen-bond acceptors (Lipinski definition) is 4. The van der Waals surface area contributed by atoms with E-state index in [9.17, 15) is 5.11 Å². The number of nitrogens with zero attached hydrogens (tertiary/aromatic N) is 1. The average molecular weight is 209 g/mol. The summed E-state index contributed by atoms with van der Waals surface area (Å²) < 4.78 is 0. The van der Waals surface area contributed by atoms with E-state index in [-0.39, 0.29) is 12.0 Å². The maximum atomic E-state index is 9.62. The van der Waals surface area contributed by atoms with Gasteiger partial charge in [-0.2, -0.15) is 0 Å². The molecule has 1 unspecified atom stereocenters. The van der Waals surface area contributed by atoms with Gasteiger partial charge in [0.15, 0.2) is 0 Å². The molecule has 1 aromatic heterocycles. The lowest BCUT2D eigenvalue weighted by Gasteiger charge is -2.16. The number of aliphatic hydroxyl groups excluding tert-OH is 1. The maximum absolute atomic E-state index is 9.62. The number of aromatic nitrogens is 1. The lowest BCUT2D eigenvalue weighted by atomic mass is 10.1. The molecule has 0 radical (unpaired) electrons. The second-order valence-electron chi connectivity index (χ2n) is 4.08. The van der Waals surface area contributed by atoms with Gasteiger partial charge in [0.1, 0.15) is 5.82 Å². The molecule has 0 saturated heterocycles. The minimum absolute atomic E-state index is 0.225. The number of hydrogen-bond donors (Lipinski definition) is 3. The molecule has 1 atom stereocenters. The van der Waals surface area contributed by atoms with Gasteiger partial charge in [0.2, 0.25) is 0 Å². The topological polar surface area (TPSA) is 71.2 Å². The summed E-state index contributed by atoms with van der Waals surface area (Å²) in [6, 6.07) is 3.67. The normalized spacial score (nSPS) is 12.9. The predicted molar refractivity (Wildman–Crippen MR) is 62.7 cm³/mol. The molecule has 0 aliphatic heterocycles. The average Bonchev–Trinajstić information content (AvgIpc) is 2.18. The molecule has 0 saturated carbocycles. The molecule has 0 aromatic carbocycles. The van der Waals surface area contributed by atoms with Crippen LogP contribution in [-0.2, 0) is 0 Å². The van der Waals surface area contributed by atoms with Crippen molar-refractivity contribution in [1.29, 1.82) is 0 Å². The molecule has 4 N–H and O–H groups in total. The Morgan fingerprint density at radius 2 is 2.13 bits per heavy atom. The zero-order chi connectivity index (χ0) is 11.4.